The van der Waals surface area contributed by atoms with Gasteiger partial charge in [-0.3, -0.25) is 14.5 Å². The number of halogens is 3. The Bertz CT molecular complexity index is 918. The summed E-state index contributed by atoms with van der Waals surface area (Å²) in [4.78, 5) is 40.6. The van der Waals surface area contributed by atoms with Crippen LogP contribution in [-0.4, -0.2) is 61.3 Å². The highest BCUT2D eigenvalue weighted by molar-refractivity contribution is 6.03. The number of hydrogen-bond acceptors (Lipinski definition) is 5. The number of amides is 1. The van der Waals surface area contributed by atoms with E-state index in [0.717, 1.165) is 0 Å². The Morgan fingerprint density at radius 2 is 1.78 bits per heavy atom. The maximum absolute atomic E-state index is 14.4. The summed E-state index contributed by atoms with van der Waals surface area (Å²) in [5.41, 5.74) is 0.899. The summed E-state index contributed by atoms with van der Waals surface area (Å²) in [6, 6.07) is 2.49. The summed E-state index contributed by atoms with van der Waals surface area (Å²) < 4.78 is 45.7. The highest BCUT2D eigenvalue weighted by atomic mass is 19.3. The zero-order valence-electron chi connectivity index (χ0n) is 18.0. The fourth-order valence-corrected chi connectivity index (χ4v) is 5.07. The van der Waals surface area contributed by atoms with E-state index in [1.807, 2.05) is 4.90 Å². The van der Waals surface area contributed by atoms with Crippen LogP contribution in [-0.2, 0) is 20.7 Å². The molecule has 4 rings (SSSR count). The average molecular weight is 452 g/mol. The number of rotatable bonds is 5. The SMILES string of the molecule is COC(=O)c1cc2c(cc1F)N(C1CCN(CC(=O)C3CCC(F)(F)CC3)CC1)C(=O)C2. The normalized spacial score (nSPS) is 22.1. The molecule has 1 saturated carbocycles. The molecule has 0 spiro atoms. The van der Waals surface area contributed by atoms with Crippen molar-refractivity contribution < 1.29 is 32.3 Å². The van der Waals surface area contributed by atoms with Gasteiger partial charge in [-0.2, -0.15) is 0 Å². The van der Waals surface area contributed by atoms with Crippen LogP contribution in [0.2, 0.25) is 0 Å². The number of carbonyl (C=O) groups excluding carboxylic acids is 3. The van der Waals surface area contributed by atoms with Crippen LogP contribution in [0, 0.1) is 11.7 Å². The van der Waals surface area contributed by atoms with E-state index in [-0.39, 0.29) is 67.9 Å². The van der Waals surface area contributed by atoms with Gasteiger partial charge in [0.15, 0.2) is 0 Å². The Labute approximate surface area is 184 Å². The van der Waals surface area contributed by atoms with Crippen molar-refractivity contribution in [1.29, 1.82) is 0 Å². The van der Waals surface area contributed by atoms with Gasteiger partial charge in [0.05, 0.1) is 31.3 Å². The molecule has 9 heteroatoms. The molecule has 1 aromatic carbocycles. The Morgan fingerprint density at radius 3 is 2.41 bits per heavy atom. The van der Waals surface area contributed by atoms with E-state index < -0.39 is 17.7 Å². The fraction of sp³-hybridized carbons (Fsp3) is 0.609. The average Bonchev–Trinajstić information content (AvgIpc) is 3.07. The number of carbonyl (C=O) groups is 3. The molecule has 32 heavy (non-hydrogen) atoms. The summed E-state index contributed by atoms with van der Waals surface area (Å²) in [6.07, 6.45) is 1.38. The molecular weight excluding hydrogens is 425 g/mol. The number of alkyl halides is 2. The van der Waals surface area contributed by atoms with Gasteiger partial charge in [0.25, 0.3) is 0 Å². The molecule has 3 aliphatic rings. The first-order chi connectivity index (χ1) is 15.2. The number of Topliss-reactive ketones (excluding diaryl/α,β-unsaturated/α-hetero) is 1. The van der Waals surface area contributed by atoms with Crippen molar-refractivity contribution in [2.75, 3.05) is 31.6 Å². The molecular formula is C23H27F3N2O4. The predicted octanol–water partition coefficient (Wildman–Crippen LogP) is 3.36. The summed E-state index contributed by atoms with van der Waals surface area (Å²) in [6.45, 7) is 1.44. The Morgan fingerprint density at radius 1 is 1.12 bits per heavy atom. The second-order valence-corrected chi connectivity index (χ2v) is 9.00. The molecule has 1 amide bonds. The Kier molecular flexibility index (Phi) is 6.29. The maximum Gasteiger partial charge on any atom is 0.340 e. The third-order valence-electron chi connectivity index (χ3n) is 6.92. The minimum Gasteiger partial charge on any atom is -0.465 e. The number of nitrogens with zero attached hydrogens (tertiary/aromatic N) is 2. The molecule has 0 aromatic heterocycles. The Balaban J connectivity index is 1.36. The minimum atomic E-state index is -2.65. The van der Waals surface area contributed by atoms with Crippen molar-refractivity contribution in [2.45, 2.75) is 56.9 Å². The van der Waals surface area contributed by atoms with Gasteiger partial charge in [-0.1, -0.05) is 0 Å². The smallest absolute Gasteiger partial charge is 0.340 e. The van der Waals surface area contributed by atoms with Gasteiger partial charge in [-0.15, -0.1) is 0 Å². The van der Waals surface area contributed by atoms with E-state index in [4.69, 9.17) is 0 Å². The zero-order valence-corrected chi connectivity index (χ0v) is 18.0. The van der Waals surface area contributed by atoms with Crippen LogP contribution in [0.4, 0.5) is 18.9 Å². The number of ether oxygens (including phenoxy) is 1. The van der Waals surface area contributed by atoms with Crippen molar-refractivity contribution in [3.8, 4) is 0 Å². The van der Waals surface area contributed by atoms with Gasteiger partial charge in [0.1, 0.15) is 11.6 Å². The van der Waals surface area contributed by atoms with E-state index >= 15 is 0 Å². The third-order valence-corrected chi connectivity index (χ3v) is 6.92. The Hall–Kier alpha value is -2.42. The monoisotopic (exact) mass is 452 g/mol. The lowest BCUT2D eigenvalue weighted by molar-refractivity contribution is -0.128. The van der Waals surface area contributed by atoms with Crippen LogP contribution in [0.3, 0.4) is 0 Å². The number of ketones is 1. The van der Waals surface area contributed by atoms with E-state index in [9.17, 15) is 27.6 Å². The van der Waals surface area contributed by atoms with E-state index in [0.29, 0.717) is 37.2 Å². The second-order valence-electron chi connectivity index (χ2n) is 9.00. The number of anilines is 1. The molecule has 6 nitrogen and oxygen atoms in total. The molecule has 2 fully saturated rings. The lowest BCUT2D eigenvalue weighted by atomic mass is 9.84. The van der Waals surface area contributed by atoms with E-state index in [2.05, 4.69) is 4.74 Å². The standard InChI is InChI=1S/C23H27F3N2O4/c1-32-22(31)17-10-15-11-21(30)28(19(15)12-18(17)24)16-4-8-27(9-5-16)13-20(29)14-2-6-23(25,26)7-3-14/h10,12,14,16H,2-9,11,13H2,1H3. The lowest BCUT2D eigenvalue weighted by Crippen LogP contribution is -2.48. The first-order valence-corrected chi connectivity index (χ1v) is 11.0. The first-order valence-electron chi connectivity index (χ1n) is 11.0. The quantitative estimate of drug-likeness (QED) is 0.641. The van der Waals surface area contributed by atoms with Crippen LogP contribution in [0.1, 0.15) is 54.4 Å². The zero-order chi connectivity index (χ0) is 23.0. The van der Waals surface area contributed by atoms with Gasteiger partial charge in [-0.25, -0.2) is 18.0 Å². The molecule has 174 valence electrons. The summed E-state index contributed by atoms with van der Waals surface area (Å²) in [5.74, 6) is -4.58. The van der Waals surface area contributed by atoms with Crippen LogP contribution >= 0.6 is 0 Å². The largest absolute Gasteiger partial charge is 0.465 e. The molecule has 1 aromatic rings. The minimum absolute atomic E-state index is 0.0129. The number of esters is 1. The highest BCUT2D eigenvalue weighted by Crippen LogP contribution is 2.37. The van der Waals surface area contributed by atoms with Crippen LogP contribution < -0.4 is 4.90 Å². The fourth-order valence-electron chi connectivity index (χ4n) is 5.07. The van der Waals surface area contributed by atoms with Crippen LogP contribution in [0.5, 0.6) is 0 Å². The van der Waals surface area contributed by atoms with Crippen LogP contribution in [0.25, 0.3) is 0 Å². The topological polar surface area (TPSA) is 66.9 Å². The maximum atomic E-state index is 14.4. The van der Waals surface area contributed by atoms with Gasteiger partial charge >= 0.3 is 5.97 Å². The second kappa shape index (κ2) is 8.84. The highest BCUT2D eigenvalue weighted by Gasteiger charge is 2.39. The number of fused-ring (bicyclic) bond motifs is 1. The lowest BCUT2D eigenvalue weighted by Gasteiger charge is -2.37. The summed E-state index contributed by atoms with van der Waals surface area (Å²) in [5, 5.41) is 0. The molecule has 0 atom stereocenters. The number of methoxy groups -OCH3 is 1. The molecule has 2 aliphatic heterocycles. The predicted molar refractivity (Wildman–Crippen MR) is 110 cm³/mol. The van der Waals surface area contributed by atoms with Gasteiger partial charge < -0.3 is 9.64 Å². The molecule has 1 saturated heterocycles. The van der Waals surface area contributed by atoms with Gasteiger partial charge in [-0.05, 0) is 43.4 Å². The number of piperidine rings is 1. The number of hydrogen-bond donors (Lipinski definition) is 0. The molecule has 0 radical (unpaired) electrons. The molecule has 2 heterocycles. The third kappa shape index (κ3) is 4.53. The number of benzene rings is 1. The van der Waals surface area contributed by atoms with Crippen molar-refractivity contribution in [3.63, 3.8) is 0 Å². The molecule has 1 aliphatic carbocycles. The first kappa shape index (κ1) is 22.8. The van der Waals surface area contributed by atoms with Crippen LogP contribution in [0.15, 0.2) is 12.1 Å². The van der Waals surface area contributed by atoms with Gasteiger partial charge in [0, 0.05) is 37.9 Å². The van der Waals surface area contributed by atoms with Crippen molar-refractivity contribution in [3.05, 3.63) is 29.1 Å². The molecule has 0 unspecified atom stereocenters. The van der Waals surface area contributed by atoms with Gasteiger partial charge in [0.2, 0.25) is 11.8 Å². The van der Waals surface area contributed by atoms with Crippen molar-refractivity contribution in [2.24, 2.45) is 5.92 Å². The van der Waals surface area contributed by atoms with Crippen molar-refractivity contribution in [1.82, 2.24) is 4.90 Å². The summed E-state index contributed by atoms with van der Waals surface area (Å²) >= 11 is 0. The van der Waals surface area contributed by atoms with Crippen molar-refractivity contribution >= 4 is 23.3 Å². The molecule has 0 N–H and O–H groups in total. The molecule has 0 bridgehead atoms. The van der Waals surface area contributed by atoms with E-state index in [1.54, 1.807) is 4.90 Å². The van der Waals surface area contributed by atoms with E-state index in [1.165, 1.54) is 19.2 Å². The summed E-state index contributed by atoms with van der Waals surface area (Å²) in [7, 11) is 1.18. The number of likely N-dealkylation sites (tertiary alicyclic amines) is 1.